The first-order chi connectivity index (χ1) is 18.5. The molecule has 1 amide bonds. The molecule has 38 heavy (non-hydrogen) atoms. The lowest BCUT2D eigenvalue weighted by Gasteiger charge is -2.11. The number of amides is 1. The van der Waals surface area contributed by atoms with Gasteiger partial charge in [0, 0.05) is 36.0 Å². The van der Waals surface area contributed by atoms with Crippen LogP contribution in [0.25, 0.3) is 33.7 Å². The molecule has 3 heterocycles. The normalized spacial score (nSPS) is 12.6. The zero-order valence-electron chi connectivity index (χ0n) is 21.3. The molecule has 2 aromatic heterocycles. The summed E-state index contributed by atoms with van der Waals surface area (Å²) >= 11 is 0. The van der Waals surface area contributed by atoms with Gasteiger partial charge in [-0.15, -0.1) is 6.42 Å². The third kappa shape index (κ3) is 4.95. The fraction of sp³-hybridized carbons (Fsp3) is 0.167. The number of allylic oxidation sites excluding steroid dienone is 1. The van der Waals surface area contributed by atoms with Gasteiger partial charge in [-0.2, -0.15) is 0 Å². The molecule has 8 nitrogen and oxygen atoms in total. The Kier molecular flexibility index (Phi) is 6.83. The van der Waals surface area contributed by atoms with E-state index < -0.39 is 0 Å². The van der Waals surface area contributed by atoms with Crippen LogP contribution in [0.15, 0.2) is 77.0 Å². The number of para-hydroxylation sites is 1. The van der Waals surface area contributed by atoms with Crippen LogP contribution >= 0.6 is 0 Å². The van der Waals surface area contributed by atoms with Crippen molar-refractivity contribution in [2.45, 2.75) is 26.8 Å². The molecule has 8 heteroatoms. The van der Waals surface area contributed by atoms with Gasteiger partial charge < -0.3 is 15.6 Å². The fourth-order valence-corrected chi connectivity index (χ4v) is 4.32. The van der Waals surface area contributed by atoms with Crippen molar-refractivity contribution in [1.29, 1.82) is 0 Å². The van der Waals surface area contributed by atoms with Crippen molar-refractivity contribution in [3.05, 3.63) is 78.1 Å². The van der Waals surface area contributed by atoms with Gasteiger partial charge in [-0.25, -0.2) is 15.0 Å². The quantitative estimate of drug-likeness (QED) is 0.294. The zero-order chi connectivity index (χ0) is 26.6. The number of hydrogen-bond donors (Lipinski definition) is 3. The molecule has 0 saturated carbocycles. The highest BCUT2D eigenvalue weighted by molar-refractivity contribution is 6.42. The Morgan fingerprint density at radius 3 is 2.79 bits per heavy atom. The number of fused-ring (bicyclic) bond motifs is 1. The van der Waals surface area contributed by atoms with Crippen molar-refractivity contribution in [2.75, 3.05) is 11.9 Å². The molecule has 4 aromatic rings. The average molecular weight is 502 g/mol. The molecule has 0 aliphatic carbocycles. The summed E-state index contributed by atoms with van der Waals surface area (Å²) in [4.78, 5) is 33.7. The number of aryl methyl sites for hydroxylation is 1. The van der Waals surface area contributed by atoms with Crippen LogP contribution in [-0.2, 0) is 11.3 Å². The van der Waals surface area contributed by atoms with Crippen molar-refractivity contribution >= 4 is 34.3 Å². The van der Waals surface area contributed by atoms with Crippen LogP contribution in [0.2, 0.25) is 0 Å². The van der Waals surface area contributed by atoms with E-state index in [0.717, 1.165) is 51.3 Å². The number of hydrogen-bond acceptors (Lipinski definition) is 6. The standard InChI is InChI=1S/C30H27N7O/c1-5-19(4)34-24-10-8-7-9-23(24)28-36-27-22(13-14-31-29(27)37-28)20-11-12-21(18(3)15-20)16-33-30(38)25-17-32-26(6-2)35-25/h1,7-15,34H,4,6,16-17H2,2-3H3,(H,33,38)(H,31,36,37). The topological polar surface area (TPSA) is 107 Å². The first kappa shape index (κ1) is 24.7. The van der Waals surface area contributed by atoms with Crippen molar-refractivity contribution < 1.29 is 4.79 Å². The molecule has 0 saturated heterocycles. The van der Waals surface area contributed by atoms with Crippen LogP contribution in [0.4, 0.5) is 5.69 Å². The molecule has 1 aliphatic rings. The Labute approximate surface area is 221 Å². The predicted molar refractivity (Wildman–Crippen MR) is 153 cm³/mol. The van der Waals surface area contributed by atoms with Crippen molar-refractivity contribution in [3.8, 4) is 34.9 Å². The second-order valence-electron chi connectivity index (χ2n) is 8.90. The third-order valence-electron chi connectivity index (χ3n) is 6.38. The molecule has 188 valence electrons. The number of anilines is 1. The van der Waals surface area contributed by atoms with E-state index in [4.69, 9.17) is 11.4 Å². The summed E-state index contributed by atoms with van der Waals surface area (Å²) in [6.45, 7) is 8.61. The summed E-state index contributed by atoms with van der Waals surface area (Å²) in [6.07, 6.45) is 7.95. The van der Waals surface area contributed by atoms with E-state index >= 15 is 0 Å². The van der Waals surface area contributed by atoms with E-state index in [-0.39, 0.29) is 5.91 Å². The molecule has 1 aliphatic heterocycles. The number of nitrogens with zero attached hydrogens (tertiary/aromatic N) is 4. The minimum absolute atomic E-state index is 0.179. The number of rotatable bonds is 8. The van der Waals surface area contributed by atoms with Crippen LogP contribution in [0.3, 0.4) is 0 Å². The van der Waals surface area contributed by atoms with Gasteiger partial charge in [0.15, 0.2) is 5.65 Å². The molecule has 0 spiro atoms. The van der Waals surface area contributed by atoms with Gasteiger partial charge in [0.25, 0.3) is 5.91 Å². The Hall–Kier alpha value is -5.03. The van der Waals surface area contributed by atoms with E-state index in [1.807, 2.05) is 56.3 Å². The van der Waals surface area contributed by atoms with Gasteiger partial charge >= 0.3 is 0 Å². The van der Waals surface area contributed by atoms with Gasteiger partial charge in [0.1, 0.15) is 17.4 Å². The smallest absolute Gasteiger partial charge is 0.267 e. The van der Waals surface area contributed by atoms with Gasteiger partial charge in [-0.05, 0) is 41.8 Å². The highest BCUT2D eigenvalue weighted by Crippen LogP contribution is 2.32. The van der Waals surface area contributed by atoms with Crippen molar-refractivity contribution in [1.82, 2.24) is 20.3 Å². The first-order valence-corrected chi connectivity index (χ1v) is 12.3. The molecular formula is C30H27N7O. The van der Waals surface area contributed by atoms with Gasteiger partial charge in [0.05, 0.1) is 17.8 Å². The van der Waals surface area contributed by atoms with Crippen LogP contribution in [-0.4, -0.2) is 39.0 Å². The van der Waals surface area contributed by atoms with Crippen LogP contribution in [0, 0.1) is 19.3 Å². The van der Waals surface area contributed by atoms with Gasteiger partial charge in [-0.1, -0.05) is 49.8 Å². The number of amidine groups is 1. The minimum atomic E-state index is -0.179. The Bertz CT molecular complexity index is 1670. The number of nitrogens with one attached hydrogen (secondary N) is 3. The monoisotopic (exact) mass is 501 g/mol. The fourth-order valence-electron chi connectivity index (χ4n) is 4.32. The molecular weight excluding hydrogens is 474 g/mol. The maximum absolute atomic E-state index is 12.5. The molecule has 0 unspecified atom stereocenters. The number of aliphatic imine (C=N–C) groups is 2. The summed E-state index contributed by atoms with van der Waals surface area (Å²) in [6, 6.07) is 15.9. The Morgan fingerprint density at radius 2 is 2.03 bits per heavy atom. The second-order valence-corrected chi connectivity index (χ2v) is 8.90. The SMILES string of the molecule is C#CC(=C)Nc1ccccc1-c1nc2nccc(-c3ccc(CNC(=O)C4=NC(CC)=NC4)c(C)c3)c2[nH]1. The van der Waals surface area contributed by atoms with E-state index in [2.05, 4.69) is 49.2 Å². The first-order valence-electron chi connectivity index (χ1n) is 12.3. The van der Waals surface area contributed by atoms with Gasteiger partial charge in [-0.3, -0.25) is 9.79 Å². The number of carbonyl (C=O) groups is 1. The number of imidazole rings is 1. The highest BCUT2D eigenvalue weighted by atomic mass is 16.1. The van der Waals surface area contributed by atoms with E-state index in [9.17, 15) is 4.79 Å². The minimum Gasteiger partial charge on any atom is -0.348 e. The lowest BCUT2D eigenvalue weighted by Crippen LogP contribution is -2.31. The highest BCUT2D eigenvalue weighted by Gasteiger charge is 2.17. The average Bonchev–Trinajstić information content (AvgIpc) is 3.60. The number of aromatic amines is 1. The molecule has 0 radical (unpaired) electrons. The molecule has 0 bridgehead atoms. The zero-order valence-corrected chi connectivity index (χ0v) is 21.3. The van der Waals surface area contributed by atoms with Crippen molar-refractivity contribution in [3.63, 3.8) is 0 Å². The lowest BCUT2D eigenvalue weighted by atomic mass is 10.00. The summed E-state index contributed by atoms with van der Waals surface area (Å²) in [5.74, 6) is 3.73. The van der Waals surface area contributed by atoms with Crippen LogP contribution in [0.1, 0.15) is 24.5 Å². The number of pyridine rings is 1. The number of aromatic nitrogens is 3. The summed E-state index contributed by atoms with van der Waals surface area (Å²) in [5.41, 5.74) is 8.14. The van der Waals surface area contributed by atoms with E-state index in [0.29, 0.717) is 36.0 Å². The number of H-pyrrole nitrogens is 1. The number of terminal acetylenes is 1. The number of carbonyl (C=O) groups excluding carboxylic acids is 1. The van der Waals surface area contributed by atoms with Crippen molar-refractivity contribution in [2.24, 2.45) is 9.98 Å². The summed E-state index contributed by atoms with van der Waals surface area (Å²) < 4.78 is 0. The number of benzene rings is 2. The molecule has 0 fully saturated rings. The lowest BCUT2D eigenvalue weighted by molar-refractivity contribution is -0.115. The predicted octanol–water partition coefficient (Wildman–Crippen LogP) is 5.04. The Balaban J connectivity index is 1.40. The van der Waals surface area contributed by atoms with Crippen LogP contribution in [0.5, 0.6) is 0 Å². The van der Waals surface area contributed by atoms with E-state index in [1.54, 1.807) is 6.20 Å². The van der Waals surface area contributed by atoms with Gasteiger partial charge in [0.2, 0.25) is 0 Å². The summed E-state index contributed by atoms with van der Waals surface area (Å²) in [7, 11) is 0. The second kappa shape index (κ2) is 10.5. The molecule has 3 N–H and O–H groups in total. The third-order valence-corrected chi connectivity index (χ3v) is 6.38. The summed E-state index contributed by atoms with van der Waals surface area (Å²) in [5, 5.41) is 6.12. The van der Waals surface area contributed by atoms with Crippen LogP contribution < -0.4 is 10.6 Å². The maximum Gasteiger partial charge on any atom is 0.267 e. The molecule has 2 aromatic carbocycles. The molecule has 5 rings (SSSR count). The van der Waals surface area contributed by atoms with E-state index in [1.165, 1.54) is 0 Å². The molecule has 0 atom stereocenters. The maximum atomic E-state index is 12.5. The largest absolute Gasteiger partial charge is 0.348 e. The Morgan fingerprint density at radius 1 is 1.18 bits per heavy atom.